The van der Waals surface area contributed by atoms with E-state index in [1.165, 1.54) is 0 Å². The summed E-state index contributed by atoms with van der Waals surface area (Å²) >= 11 is 0. The summed E-state index contributed by atoms with van der Waals surface area (Å²) in [6, 6.07) is -0.236. The number of hydrogen-bond acceptors (Lipinski definition) is 5. The van der Waals surface area contributed by atoms with Crippen LogP contribution in [0.25, 0.3) is 0 Å². The largest absolute Gasteiger partial charge is 0.381 e. The van der Waals surface area contributed by atoms with Crippen molar-refractivity contribution in [1.82, 2.24) is 5.16 Å². The van der Waals surface area contributed by atoms with Crippen LogP contribution in [0.1, 0.15) is 24.1 Å². The van der Waals surface area contributed by atoms with Gasteiger partial charge in [-0.3, -0.25) is 0 Å². The summed E-state index contributed by atoms with van der Waals surface area (Å²) in [5.41, 5.74) is 1.35. The van der Waals surface area contributed by atoms with Gasteiger partial charge in [0.1, 0.15) is 0 Å². The Bertz CT molecular complexity index is 519. The van der Waals surface area contributed by atoms with Crippen molar-refractivity contribution < 1.29 is 17.7 Å². The first-order chi connectivity index (χ1) is 8.41. The Morgan fingerprint density at radius 2 is 1.94 bits per heavy atom. The molecule has 102 valence electrons. The lowest BCUT2D eigenvalue weighted by Gasteiger charge is -2.31. The van der Waals surface area contributed by atoms with Crippen LogP contribution in [-0.2, 0) is 14.9 Å². The number of hydrogen-bond donors (Lipinski definition) is 1. The standard InChI is InChI=1S/C10H17N3O4S/c1-7-8(2)12-17-10(7)13(18(11,14)15)9-3-5-16-6-4-9/h9H,3-6H2,1-2H3,(H2,11,14,15). The lowest BCUT2D eigenvalue weighted by molar-refractivity contribution is 0.0868. The fraction of sp³-hybridized carbons (Fsp3) is 0.700. The highest BCUT2D eigenvalue weighted by Gasteiger charge is 2.33. The Morgan fingerprint density at radius 3 is 2.39 bits per heavy atom. The average molecular weight is 275 g/mol. The first kappa shape index (κ1) is 13.3. The van der Waals surface area contributed by atoms with Gasteiger partial charge in [-0.2, -0.15) is 8.42 Å². The van der Waals surface area contributed by atoms with Gasteiger partial charge in [-0.25, -0.2) is 9.44 Å². The molecule has 0 atom stereocenters. The quantitative estimate of drug-likeness (QED) is 0.865. The number of anilines is 1. The molecule has 0 bridgehead atoms. The Morgan fingerprint density at radius 1 is 1.33 bits per heavy atom. The van der Waals surface area contributed by atoms with Crippen molar-refractivity contribution in [1.29, 1.82) is 0 Å². The van der Waals surface area contributed by atoms with Gasteiger partial charge >= 0.3 is 10.2 Å². The zero-order valence-corrected chi connectivity index (χ0v) is 11.2. The third kappa shape index (κ3) is 2.50. The van der Waals surface area contributed by atoms with Crippen LogP contribution in [0, 0.1) is 13.8 Å². The predicted octanol–water partition coefficient (Wildman–Crippen LogP) is 0.480. The molecule has 1 aliphatic rings. The van der Waals surface area contributed by atoms with E-state index < -0.39 is 10.2 Å². The van der Waals surface area contributed by atoms with Gasteiger partial charge < -0.3 is 9.26 Å². The summed E-state index contributed by atoms with van der Waals surface area (Å²) in [6.07, 6.45) is 1.19. The molecule has 0 radical (unpaired) electrons. The van der Waals surface area contributed by atoms with Gasteiger partial charge in [0, 0.05) is 18.8 Å². The first-order valence-corrected chi connectivity index (χ1v) is 7.24. The molecule has 8 heteroatoms. The molecule has 2 heterocycles. The minimum absolute atomic E-state index is 0.210. The van der Waals surface area contributed by atoms with Gasteiger partial charge in [0.25, 0.3) is 0 Å². The topological polar surface area (TPSA) is 98.7 Å². The predicted molar refractivity (Wildman–Crippen MR) is 65.4 cm³/mol. The van der Waals surface area contributed by atoms with Crippen molar-refractivity contribution in [2.45, 2.75) is 32.7 Å². The lowest BCUT2D eigenvalue weighted by atomic mass is 10.1. The highest BCUT2D eigenvalue weighted by Crippen LogP contribution is 2.29. The van der Waals surface area contributed by atoms with Crippen LogP contribution >= 0.6 is 0 Å². The zero-order valence-electron chi connectivity index (χ0n) is 10.4. The Kier molecular flexibility index (Phi) is 3.60. The third-order valence-corrected chi connectivity index (χ3v) is 4.14. The second-order valence-corrected chi connectivity index (χ2v) is 5.81. The van der Waals surface area contributed by atoms with Crippen LogP contribution in [0.3, 0.4) is 0 Å². The average Bonchev–Trinajstić information content (AvgIpc) is 2.61. The number of rotatable bonds is 3. The van der Waals surface area contributed by atoms with Gasteiger partial charge in [0.15, 0.2) is 0 Å². The summed E-state index contributed by atoms with van der Waals surface area (Å²) in [5, 5.41) is 9.07. The molecule has 0 spiro atoms. The molecule has 2 rings (SSSR count). The molecule has 1 saturated heterocycles. The fourth-order valence-corrected chi connectivity index (χ4v) is 3.05. The van der Waals surface area contributed by atoms with E-state index in [0.29, 0.717) is 37.3 Å². The molecule has 0 aliphatic carbocycles. The number of aryl methyl sites for hydroxylation is 1. The van der Waals surface area contributed by atoms with Crippen LogP contribution in [0.2, 0.25) is 0 Å². The van der Waals surface area contributed by atoms with Gasteiger partial charge in [-0.1, -0.05) is 5.16 Å². The molecule has 1 aliphatic heterocycles. The summed E-state index contributed by atoms with van der Waals surface area (Å²) in [7, 11) is -3.88. The minimum Gasteiger partial charge on any atom is -0.381 e. The molecule has 2 N–H and O–H groups in total. The Balaban J connectivity index is 2.40. The van der Waals surface area contributed by atoms with Crippen molar-refractivity contribution in [2.24, 2.45) is 5.14 Å². The molecule has 0 unspecified atom stereocenters. The minimum atomic E-state index is -3.88. The molecule has 0 saturated carbocycles. The van der Waals surface area contributed by atoms with E-state index in [9.17, 15) is 8.42 Å². The number of aromatic nitrogens is 1. The molecular weight excluding hydrogens is 258 g/mol. The maximum absolute atomic E-state index is 11.8. The SMILES string of the molecule is Cc1noc(N(C2CCOCC2)S(N)(=O)=O)c1C. The Labute approximate surface area is 106 Å². The number of nitrogens with two attached hydrogens (primary N) is 1. The fourth-order valence-electron chi connectivity index (χ4n) is 2.02. The van der Waals surface area contributed by atoms with Crippen molar-refractivity contribution >= 4 is 16.1 Å². The lowest BCUT2D eigenvalue weighted by Crippen LogP contribution is -2.47. The van der Waals surface area contributed by atoms with Crippen LogP contribution in [0.5, 0.6) is 0 Å². The molecule has 0 aromatic carbocycles. The van der Waals surface area contributed by atoms with Crippen LogP contribution in [0.4, 0.5) is 5.88 Å². The number of ether oxygens (including phenoxy) is 1. The van der Waals surface area contributed by atoms with Crippen molar-refractivity contribution in [2.75, 3.05) is 17.5 Å². The second-order valence-electron chi connectivity index (χ2n) is 4.38. The van der Waals surface area contributed by atoms with Crippen molar-refractivity contribution in [3.05, 3.63) is 11.3 Å². The maximum Gasteiger partial charge on any atom is 0.301 e. The Hall–Kier alpha value is -1.12. The molecule has 1 aromatic heterocycles. The third-order valence-electron chi connectivity index (χ3n) is 3.13. The van der Waals surface area contributed by atoms with E-state index in [-0.39, 0.29) is 11.9 Å². The van der Waals surface area contributed by atoms with Crippen molar-refractivity contribution in [3.63, 3.8) is 0 Å². The van der Waals surface area contributed by atoms with Crippen LogP contribution in [-0.4, -0.2) is 32.8 Å². The highest BCUT2D eigenvalue weighted by atomic mass is 32.2. The summed E-state index contributed by atoms with van der Waals surface area (Å²) in [4.78, 5) is 0. The van der Waals surface area contributed by atoms with Gasteiger partial charge in [-0.05, 0) is 26.7 Å². The van der Waals surface area contributed by atoms with Crippen LogP contribution in [0.15, 0.2) is 4.52 Å². The maximum atomic E-state index is 11.8. The van der Waals surface area contributed by atoms with Gasteiger partial charge in [0.05, 0.1) is 11.7 Å². The second kappa shape index (κ2) is 4.87. The van der Waals surface area contributed by atoms with Gasteiger partial charge in [-0.15, -0.1) is 0 Å². The monoisotopic (exact) mass is 275 g/mol. The normalized spacial score (nSPS) is 17.9. The number of nitrogens with zero attached hydrogens (tertiary/aromatic N) is 2. The summed E-state index contributed by atoms with van der Waals surface area (Å²) in [6.45, 7) is 4.55. The zero-order chi connectivity index (χ0) is 13.3. The van der Waals surface area contributed by atoms with E-state index >= 15 is 0 Å². The molecule has 0 amide bonds. The molecule has 1 fully saturated rings. The smallest absolute Gasteiger partial charge is 0.301 e. The van der Waals surface area contributed by atoms with E-state index in [2.05, 4.69) is 5.16 Å². The molecule has 1 aromatic rings. The van der Waals surface area contributed by atoms with Crippen LogP contribution < -0.4 is 9.44 Å². The molecule has 7 nitrogen and oxygen atoms in total. The van der Waals surface area contributed by atoms with E-state index in [4.69, 9.17) is 14.4 Å². The molecule has 18 heavy (non-hydrogen) atoms. The van der Waals surface area contributed by atoms with E-state index in [1.807, 2.05) is 0 Å². The van der Waals surface area contributed by atoms with Crippen molar-refractivity contribution in [3.8, 4) is 0 Å². The van der Waals surface area contributed by atoms with Gasteiger partial charge in [0.2, 0.25) is 5.88 Å². The summed E-state index contributed by atoms with van der Waals surface area (Å²) < 4.78 is 35.0. The van der Waals surface area contributed by atoms with E-state index in [0.717, 1.165) is 4.31 Å². The molecular formula is C10H17N3O4S. The first-order valence-electron chi connectivity index (χ1n) is 5.74. The van der Waals surface area contributed by atoms with E-state index in [1.54, 1.807) is 13.8 Å². The highest BCUT2D eigenvalue weighted by molar-refractivity contribution is 7.90. The summed E-state index contributed by atoms with van der Waals surface area (Å²) in [5.74, 6) is 0.210.